The first-order chi connectivity index (χ1) is 13.3. The molecule has 0 unspecified atom stereocenters. The standard InChI is InChI=1S/C23H20N2O2/c1-27-19-13-11-18(12-14-19)24-15-21-20-9-5-6-10-22(20)25(23(21)26)16-17-7-3-2-4-8-17/h2-15,26H,16H2,1H3. The van der Waals surface area contributed by atoms with Crippen molar-refractivity contribution in [3.63, 3.8) is 0 Å². The Hall–Kier alpha value is -3.53. The number of hydrogen-bond donors (Lipinski definition) is 1. The highest BCUT2D eigenvalue weighted by Gasteiger charge is 2.15. The number of hydrogen-bond acceptors (Lipinski definition) is 3. The number of para-hydroxylation sites is 1. The fourth-order valence-electron chi connectivity index (χ4n) is 3.18. The van der Waals surface area contributed by atoms with Crippen molar-refractivity contribution in [3.05, 3.63) is 90.0 Å². The van der Waals surface area contributed by atoms with Crippen LogP contribution >= 0.6 is 0 Å². The summed E-state index contributed by atoms with van der Waals surface area (Å²) in [7, 11) is 1.64. The normalized spacial score (nSPS) is 11.3. The smallest absolute Gasteiger partial charge is 0.201 e. The molecule has 1 N–H and O–H groups in total. The van der Waals surface area contributed by atoms with Crippen molar-refractivity contribution in [3.8, 4) is 11.6 Å². The number of fused-ring (bicyclic) bond motifs is 1. The molecule has 4 heteroatoms. The molecule has 0 bridgehead atoms. The quantitative estimate of drug-likeness (QED) is 0.502. The molecule has 0 aliphatic heterocycles. The van der Waals surface area contributed by atoms with Gasteiger partial charge in [0.1, 0.15) is 5.75 Å². The number of aliphatic imine (C=N–C) groups is 1. The maximum absolute atomic E-state index is 10.9. The average Bonchev–Trinajstić information content (AvgIpc) is 2.99. The lowest BCUT2D eigenvalue weighted by Gasteiger charge is -2.07. The highest BCUT2D eigenvalue weighted by Crippen LogP contribution is 2.31. The Kier molecular flexibility index (Phi) is 4.62. The summed E-state index contributed by atoms with van der Waals surface area (Å²) in [5.74, 6) is 1.01. The van der Waals surface area contributed by atoms with Crippen molar-refractivity contribution in [2.75, 3.05) is 7.11 Å². The van der Waals surface area contributed by atoms with E-state index < -0.39 is 0 Å². The molecule has 134 valence electrons. The molecule has 0 fully saturated rings. The van der Waals surface area contributed by atoms with Crippen LogP contribution in [0, 0.1) is 0 Å². The Morgan fingerprint density at radius 1 is 0.926 bits per heavy atom. The van der Waals surface area contributed by atoms with Gasteiger partial charge in [-0.3, -0.25) is 4.99 Å². The van der Waals surface area contributed by atoms with Gasteiger partial charge in [-0.15, -0.1) is 0 Å². The monoisotopic (exact) mass is 356 g/mol. The van der Waals surface area contributed by atoms with Gasteiger partial charge in [0.2, 0.25) is 5.88 Å². The Bertz CT molecular complexity index is 1080. The molecule has 0 amide bonds. The van der Waals surface area contributed by atoms with E-state index in [0.717, 1.165) is 33.5 Å². The number of aromatic hydroxyl groups is 1. The summed E-state index contributed by atoms with van der Waals surface area (Å²) < 4.78 is 7.09. The summed E-state index contributed by atoms with van der Waals surface area (Å²) in [6.07, 6.45) is 1.72. The molecule has 4 nitrogen and oxygen atoms in total. The van der Waals surface area contributed by atoms with Gasteiger partial charge >= 0.3 is 0 Å². The third kappa shape index (κ3) is 3.42. The van der Waals surface area contributed by atoms with Gasteiger partial charge in [0.15, 0.2) is 0 Å². The van der Waals surface area contributed by atoms with Crippen LogP contribution in [0.25, 0.3) is 10.9 Å². The predicted molar refractivity (Wildman–Crippen MR) is 109 cm³/mol. The lowest BCUT2D eigenvalue weighted by Crippen LogP contribution is -1.98. The van der Waals surface area contributed by atoms with E-state index in [9.17, 15) is 5.11 Å². The molecule has 0 atom stereocenters. The molecule has 0 saturated carbocycles. The van der Waals surface area contributed by atoms with Crippen LogP contribution in [0.2, 0.25) is 0 Å². The molecule has 3 aromatic carbocycles. The van der Waals surface area contributed by atoms with Gasteiger partial charge in [0.25, 0.3) is 0 Å². The number of aromatic nitrogens is 1. The van der Waals surface area contributed by atoms with Gasteiger partial charge in [-0.25, -0.2) is 0 Å². The van der Waals surface area contributed by atoms with Crippen LogP contribution in [-0.4, -0.2) is 23.0 Å². The fraction of sp³-hybridized carbons (Fsp3) is 0.0870. The summed E-state index contributed by atoms with van der Waals surface area (Å²) in [6, 6.07) is 25.6. The summed E-state index contributed by atoms with van der Waals surface area (Å²) in [6.45, 7) is 0.601. The van der Waals surface area contributed by atoms with E-state index in [4.69, 9.17) is 4.74 Å². The van der Waals surface area contributed by atoms with Crippen LogP contribution in [0.3, 0.4) is 0 Å². The first kappa shape index (κ1) is 16.9. The van der Waals surface area contributed by atoms with Gasteiger partial charge in [-0.05, 0) is 35.9 Å². The van der Waals surface area contributed by atoms with Crippen LogP contribution < -0.4 is 4.74 Å². The molecular weight excluding hydrogens is 336 g/mol. The maximum Gasteiger partial charge on any atom is 0.201 e. The zero-order chi connectivity index (χ0) is 18.6. The van der Waals surface area contributed by atoms with E-state index in [1.807, 2.05) is 71.3 Å². The van der Waals surface area contributed by atoms with E-state index in [0.29, 0.717) is 6.54 Å². The number of benzene rings is 3. The summed E-state index contributed by atoms with van der Waals surface area (Å²) in [5, 5.41) is 11.9. The molecule has 1 heterocycles. The Morgan fingerprint density at radius 3 is 2.37 bits per heavy atom. The lowest BCUT2D eigenvalue weighted by molar-refractivity contribution is 0.415. The Labute approximate surface area is 158 Å². The highest BCUT2D eigenvalue weighted by molar-refractivity contribution is 6.03. The molecule has 0 radical (unpaired) electrons. The largest absolute Gasteiger partial charge is 0.497 e. The molecule has 0 aliphatic rings. The van der Waals surface area contributed by atoms with Gasteiger partial charge < -0.3 is 14.4 Å². The minimum absolute atomic E-state index is 0.220. The second-order valence-corrected chi connectivity index (χ2v) is 6.28. The van der Waals surface area contributed by atoms with Crippen LogP contribution in [0.15, 0.2) is 83.9 Å². The van der Waals surface area contributed by atoms with Crippen molar-refractivity contribution < 1.29 is 9.84 Å². The molecule has 4 aromatic rings. The minimum atomic E-state index is 0.220. The fourth-order valence-corrected chi connectivity index (χ4v) is 3.18. The zero-order valence-corrected chi connectivity index (χ0v) is 15.0. The third-order valence-corrected chi connectivity index (χ3v) is 4.58. The number of methoxy groups -OCH3 is 1. The Balaban J connectivity index is 1.74. The summed E-state index contributed by atoms with van der Waals surface area (Å²) in [4.78, 5) is 4.53. The van der Waals surface area contributed by atoms with E-state index in [-0.39, 0.29) is 5.88 Å². The SMILES string of the molecule is COc1ccc(N=Cc2c(O)n(Cc3ccccc3)c3ccccc23)cc1. The number of nitrogens with zero attached hydrogens (tertiary/aromatic N) is 2. The van der Waals surface area contributed by atoms with Gasteiger partial charge in [-0.1, -0.05) is 48.5 Å². The van der Waals surface area contributed by atoms with Gasteiger partial charge in [-0.2, -0.15) is 0 Å². The van der Waals surface area contributed by atoms with Gasteiger partial charge in [0.05, 0.1) is 30.4 Å². The van der Waals surface area contributed by atoms with Gasteiger partial charge in [0, 0.05) is 11.6 Å². The first-order valence-corrected chi connectivity index (χ1v) is 8.78. The second-order valence-electron chi connectivity index (χ2n) is 6.28. The summed E-state index contributed by atoms with van der Waals surface area (Å²) >= 11 is 0. The molecule has 0 aliphatic carbocycles. The topological polar surface area (TPSA) is 46.8 Å². The minimum Gasteiger partial charge on any atom is -0.497 e. The van der Waals surface area contributed by atoms with Crippen LogP contribution in [0.5, 0.6) is 11.6 Å². The summed E-state index contributed by atoms with van der Waals surface area (Å²) in [5.41, 5.74) is 3.63. The second kappa shape index (κ2) is 7.38. The van der Waals surface area contributed by atoms with Crippen LogP contribution in [0.4, 0.5) is 5.69 Å². The van der Waals surface area contributed by atoms with Crippen molar-refractivity contribution in [1.29, 1.82) is 0 Å². The predicted octanol–water partition coefficient (Wildman–Crippen LogP) is 5.15. The van der Waals surface area contributed by atoms with Crippen LogP contribution in [0.1, 0.15) is 11.1 Å². The van der Waals surface area contributed by atoms with E-state index in [2.05, 4.69) is 17.1 Å². The number of ether oxygens (including phenoxy) is 1. The lowest BCUT2D eigenvalue weighted by atomic mass is 10.2. The average molecular weight is 356 g/mol. The first-order valence-electron chi connectivity index (χ1n) is 8.78. The molecule has 1 aromatic heterocycles. The molecule has 27 heavy (non-hydrogen) atoms. The van der Waals surface area contributed by atoms with Crippen LogP contribution in [-0.2, 0) is 6.54 Å². The van der Waals surface area contributed by atoms with Crippen molar-refractivity contribution in [2.24, 2.45) is 4.99 Å². The van der Waals surface area contributed by atoms with E-state index in [1.165, 1.54) is 0 Å². The molecule has 0 saturated heterocycles. The highest BCUT2D eigenvalue weighted by atomic mass is 16.5. The molecule has 0 spiro atoms. The molecular formula is C23H20N2O2. The number of rotatable bonds is 5. The van der Waals surface area contributed by atoms with E-state index in [1.54, 1.807) is 13.3 Å². The third-order valence-electron chi connectivity index (χ3n) is 4.58. The molecule has 4 rings (SSSR count). The van der Waals surface area contributed by atoms with Crippen molar-refractivity contribution >= 4 is 22.8 Å². The zero-order valence-electron chi connectivity index (χ0n) is 15.0. The van der Waals surface area contributed by atoms with Crippen molar-refractivity contribution in [2.45, 2.75) is 6.54 Å². The Morgan fingerprint density at radius 2 is 1.63 bits per heavy atom. The van der Waals surface area contributed by atoms with E-state index >= 15 is 0 Å². The maximum atomic E-state index is 10.9. The van der Waals surface area contributed by atoms with Crippen molar-refractivity contribution in [1.82, 2.24) is 4.57 Å².